The second kappa shape index (κ2) is 43.8. The van der Waals surface area contributed by atoms with Crippen molar-refractivity contribution in [2.75, 3.05) is 47.5 Å². The van der Waals surface area contributed by atoms with Crippen molar-refractivity contribution in [1.29, 1.82) is 0 Å². The molecule has 0 aliphatic rings. The van der Waals surface area contributed by atoms with E-state index in [0.29, 0.717) is 36.7 Å². The van der Waals surface area contributed by atoms with E-state index >= 15 is 0 Å². The summed E-state index contributed by atoms with van der Waals surface area (Å²) in [4.78, 5) is 37.7. The standard InChI is InChI=1S/C52H96NO9P/c1-6-8-10-12-14-15-16-17-18-19-20-21-22-23-24-25-26-27-32-36-40-44-52(56)62-50(48-61-63(57,58)60-46-45-53(3,4)5)47-59-51(55)43-39-35-31-29-28-30-34-38-42-49(54)41-37-33-13-11-9-7-2/h29-31,33-34,37-38,42,49-50,54H,6-28,32,35-36,39-41,43-48H2,1-5H3/b31-29-,34-30-,37-33-,42-38+/t49-,50-/m1/s1. The maximum absolute atomic E-state index is 12.7. The molecule has 0 aromatic carbocycles. The fourth-order valence-electron chi connectivity index (χ4n) is 6.91. The molecule has 0 radical (unpaired) electrons. The molecule has 1 N–H and O–H groups in total. The molecule has 0 amide bonds. The first kappa shape index (κ1) is 60.9. The molecule has 368 valence electrons. The summed E-state index contributed by atoms with van der Waals surface area (Å²) in [5.41, 5.74) is 0. The number of ether oxygens (including phenoxy) is 2. The predicted molar refractivity (Wildman–Crippen MR) is 260 cm³/mol. The average Bonchev–Trinajstić information content (AvgIpc) is 3.23. The van der Waals surface area contributed by atoms with Gasteiger partial charge >= 0.3 is 11.9 Å². The molecule has 0 spiro atoms. The van der Waals surface area contributed by atoms with Gasteiger partial charge in [0, 0.05) is 12.8 Å². The number of unbranched alkanes of at least 4 members (excludes halogenated alkanes) is 24. The van der Waals surface area contributed by atoms with Crippen molar-refractivity contribution in [2.45, 2.75) is 225 Å². The Morgan fingerprint density at radius 2 is 1.08 bits per heavy atom. The summed E-state index contributed by atoms with van der Waals surface area (Å²) in [6.45, 7) is 4.07. The number of nitrogens with zero attached hydrogens (tertiary/aromatic N) is 1. The van der Waals surface area contributed by atoms with Crippen LogP contribution in [-0.4, -0.2) is 81.2 Å². The molecule has 0 saturated carbocycles. The van der Waals surface area contributed by atoms with E-state index in [1.165, 1.54) is 128 Å². The quantitative estimate of drug-likeness (QED) is 0.0158. The zero-order valence-corrected chi connectivity index (χ0v) is 42.0. The van der Waals surface area contributed by atoms with Gasteiger partial charge in [-0.2, -0.15) is 0 Å². The molecular formula is C52H96NO9P. The Morgan fingerprint density at radius 1 is 0.587 bits per heavy atom. The number of phosphoric acid groups is 1. The Balaban J connectivity index is 4.36. The van der Waals surface area contributed by atoms with Gasteiger partial charge in [0.15, 0.2) is 6.10 Å². The Bertz CT molecular complexity index is 1230. The van der Waals surface area contributed by atoms with Crippen LogP contribution in [0.2, 0.25) is 0 Å². The summed E-state index contributed by atoms with van der Waals surface area (Å²) < 4.78 is 33.9. The minimum Gasteiger partial charge on any atom is -0.756 e. The maximum atomic E-state index is 12.7. The zero-order chi connectivity index (χ0) is 46.5. The molecule has 0 aromatic rings. The fraction of sp³-hybridized carbons (Fsp3) is 0.808. The normalized spacial score (nSPS) is 14.3. The van der Waals surface area contributed by atoms with Gasteiger partial charge in [-0.25, -0.2) is 0 Å². The molecular weight excluding hydrogens is 814 g/mol. The van der Waals surface area contributed by atoms with Crippen molar-refractivity contribution < 1.29 is 47.2 Å². The average molecular weight is 910 g/mol. The van der Waals surface area contributed by atoms with Crippen LogP contribution in [0.5, 0.6) is 0 Å². The van der Waals surface area contributed by atoms with E-state index in [1.54, 1.807) is 6.08 Å². The third-order valence-corrected chi connectivity index (χ3v) is 11.9. The second-order valence-corrected chi connectivity index (χ2v) is 19.8. The molecule has 0 heterocycles. The van der Waals surface area contributed by atoms with Gasteiger partial charge in [-0.3, -0.25) is 14.2 Å². The van der Waals surface area contributed by atoms with Crippen LogP contribution in [0.1, 0.15) is 213 Å². The van der Waals surface area contributed by atoms with Gasteiger partial charge in [-0.1, -0.05) is 204 Å². The van der Waals surface area contributed by atoms with E-state index in [4.69, 9.17) is 18.5 Å². The first-order valence-electron chi connectivity index (χ1n) is 25.5. The number of esters is 2. The number of hydrogen-bond donors (Lipinski definition) is 1. The number of carbonyl (C=O) groups excluding carboxylic acids is 2. The third kappa shape index (κ3) is 47.7. The molecule has 1 unspecified atom stereocenters. The van der Waals surface area contributed by atoms with Gasteiger partial charge in [-0.05, 0) is 44.9 Å². The van der Waals surface area contributed by atoms with Crippen LogP contribution >= 0.6 is 7.82 Å². The lowest BCUT2D eigenvalue weighted by Crippen LogP contribution is -2.37. The van der Waals surface area contributed by atoms with Crippen LogP contribution in [0.3, 0.4) is 0 Å². The lowest BCUT2D eigenvalue weighted by atomic mass is 10.0. The SMILES string of the molecule is CCCCC/C=C\C[C@@H](O)/C=C/C=C\C/C=C\CCCC(=O)OC[C@H](COP(=O)([O-])OCC[N+](C)(C)C)OC(=O)CCCCCCCCCCCCCCCCCCCCCCC. The smallest absolute Gasteiger partial charge is 0.306 e. The van der Waals surface area contributed by atoms with Crippen LogP contribution in [0.15, 0.2) is 48.6 Å². The van der Waals surface area contributed by atoms with Gasteiger partial charge in [0.1, 0.15) is 19.8 Å². The summed E-state index contributed by atoms with van der Waals surface area (Å²) in [5.74, 6) is -0.932. The summed E-state index contributed by atoms with van der Waals surface area (Å²) in [6.07, 6.45) is 48.9. The molecule has 3 atom stereocenters. The second-order valence-electron chi connectivity index (χ2n) is 18.4. The zero-order valence-electron chi connectivity index (χ0n) is 41.1. The predicted octanol–water partition coefficient (Wildman–Crippen LogP) is 13.4. The summed E-state index contributed by atoms with van der Waals surface area (Å²) in [5, 5.41) is 10.1. The Labute approximate surface area is 386 Å². The van der Waals surface area contributed by atoms with Crippen LogP contribution in [-0.2, 0) is 32.7 Å². The van der Waals surface area contributed by atoms with Crippen LogP contribution in [0.4, 0.5) is 0 Å². The van der Waals surface area contributed by atoms with E-state index in [-0.39, 0.29) is 26.1 Å². The van der Waals surface area contributed by atoms with Crippen LogP contribution in [0.25, 0.3) is 0 Å². The number of phosphoric ester groups is 1. The van der Waals surface area contributed by atoms with Crippen molar-refractivity contribution in [2.24, 2.45) is 0 Å². The number of carbonyl (C=O) groups is 2. The number of hydrogen-bond acceptors (Lipinski definition) is 9. The van der Waals surface area contributed by atoms with E-state index < -0.39 is 38.6 Å². The highest BCUT2D eigenvalue weighted by Gasteiger charge is 2.21. The lowest BCUT2D eigenvalue weighted by Gasteiger charge is -2.28. The van der Waals surface area contributed by atoms with E-state index in [0.717, 1.165) is 32.1 Å². The molecule has 10 nitrogen and oxygen atoms in total. The highest BCUT2D eigenvalue weighted by atomic mass is 31.2. The summed E-state index contributed by atoms with van der Waals surface area (Å²) in [6, 6.07) is 0. The van der Waals surface area contributed by atoms with Gasteiger partial charge < -0.3 is 33.0 Å². The first-order chi connectivity index (χ1) is 30.4. The van der Waals surface area contributed by atoms with Crippen molar-refractivity contribution in [3.8, 4) is 0 Å². The summed E-state index contributed by atoms with van der Waals surface area (Å²) in [7, 11) is 1.11. The largest absolute Gasteiger partial charge is 0.756 e. The minimum atomic E-state index is -4.66. The number of rotatable bonds is 46. The Kier molecular flexibility index (Phi) is 42.4. The number of quaternary nitrogens is 1. The highest BCUT2D eigenvalue weighted by Crippen LogP contribution is 2.38. The van der Waals surface area contributed by atoms with Crippen molar-refractivity contribution in [1.82, 2.24) is 0 Å². The molecule has 0 aliphatic carbocycles. The number of aliphatic hydroxyl groups is 1. The van der Waals surface area contributed by atoms with Crippen molar-refractivity contribution in [3.63, 3.8) is 0 Å². The number of aliphatic hydroxyl groups excluding tert-OH is 1. The first-order valence-corrected chi connectivity index (χ1v) is 26.9. The maximum Gasteiger partial charge on any atom is 0.306 e. The van der Waals surface area contributed by atoms with Gasteiger partial charge in [0.2, 0.25) is 0 Å². The highest BCUT2D eigenvalue weighted by molar-refractivity contribution is 7.45. The fourth-order valence-corrected chi connectivity index (χ4v) is 7.64. The number of likely N-dealkylation sites (N-methyl/N-ethyl adjacent to an activating group) is 1. The monoisotopic (exact) mass is 910 g/mol. The van der Waals surface area contributed by atoms with Crippen molar-refractivity contribution >= 4 is 19.8 Å². The summed E-state index contributed by atoms with van der Waals surface area (Å²) >= 11 is 0. The van der Waals surface area contributed by atoms with Gasteiger partial charge in [0.05, 0.1) is 33.9 Å². The molecule has 63 heavy (non-hydrogen) atoms. The Hall–Kier alpha value is -2.07. The van der Waals surface area contributed by atoms with E-state index in [2.05, 4.69) is 19.9 Å². The van der Waals surface area contributed by atoms with Crippen LogP contribution < -0.4 is 4.89 Å². The van der Waals surface area contributed by atoms with Gasteiger partial charge in [0.25, 0.3) is 7.82 Å². The van der Waals surface area contributed by atoms with Gasteiger partial charge in [-0.15, -0.1) is 0 Å². The van der Waals surface area contributed by atoms with E-state index in [9.17, 15) is 24.2 Å². The van der Waals surface area contributed by atoms with E-state index in [1.807, 2.05) is 57.6 Å². The van der Waals surface area contributed by atoms with Crippen LogP contribution in [0, 0.1) is 0 Å². The Morgan fingerprint density at radius 3 is 1.63 bits per heavy atom. The minimum absolute atomic E-state index is 0.0491. The third-order valence-electron chi connectivity index (χ3n) is 10.9. The molecule has 0 aliphatic heterocycles. The topological polar surface area (TPSA) is 131 Å². The molecule has 0 aromatic heterocycles. The number of allylic oxidation sites excluding steroid dienone is 6. The molecule has 11 heteroatoms. The van der Waals surface area contributed by atoms with Crippen molar-refractivity contribution in [3.05, 3.63) is 48.6 Å². The molecule has 0 saturated heterocycles. The lowest BCUT2D eigenvalue weighted by molar-refractivity contribution is -0.870. The molecule has 0 bridgehead atoms. The molecule has 0 rings (SSSR count). The molecule has 0 fully saturated rings.